The minimum Gasteiger partial charge on any atom is -0.313 e. The van der Waals surface area contributed by atoms with Crippen molar-refractivity contribution in [2.75, 3.05) is 7.05 Å². The number of likely N-dealkylation sites (N-methyl/N-ethyl adjacent to an activating group) is 1. The molecule has 0 aliphatic rings. The van der Waals surface area contributed by atoms with Crippen LogP contribution < -0.4 is 5.32 Å². The number of hydrogen-bond acceptors (Lipinski definition) is 2. The molecular formula is C14H13BrCl2N2. The summed E-state index contributed by atoms with van der Waals surface area (Å²) >= 11 is 15.7. The van der Waals surface area contributed by atoms with Gasteiger partial charge in [-0.25, -0.2) is 0 Å². The Balaban J connectivity index is 2.25. The summed E-state index contributed by atoms with van der Waals surface area (Å²) in [6, 6.07) is 9.73. The summed E-state index contributed by atoms with van der Waals surface area (Å²) in [6.45, 7) is 0. The summed E-state index contributed by atoms with van der Waals surface area (Å²) in [5, 5.41) is 4.42. The summed E-state index contributed by atoms with van der Waals surface area (Å²) in [7, 11) is 1.90. The molecule has 1 aromatic carbocycles. The van der Waals surface area contributed by atoms with E-state index >= 15 is 0 Å². The molecule has 0 spiro atoms. The molecule has 0 amide bonds. The molecule has 2 rings (SSSR count). The van der Waals surface area contributed by atoms with E-state index in [1.165, 1.54) is 0 Å². The number of nitrogens with zero attached hydrogens (tertiary/aromatic N) is 1. The molecule has 1 atom stereocenters. The van der Waals surface area contributed by atoms with Crippen LogP contribution in [0.1, 0.15) is 17.3 Å². The maximum Gasteiger partial charge on any atom is 0.0640 e. The van der Waals surface area contributed by atoms with Crippen LogP contribution in [0.5, 0.6) is 0 Å². The largest absolute Gasteiger partial charge is 0.313 e. The van der Waals surface area contributed by atoms with Gasteiger partial charge in [0.1, 0.15) is 0 Å². The van der Waals surface area contributed by atoms with E-state index in [0.717, 1.165) is 22.2 Å². The molecule has 2 nitrogen and oxygen atoms in total. The predicted octanol–water partition coefficient (Wildman–Crippen LogP) is 4.65. The molecule has 0 bridgehead atoms. The fourth-order valence-electron chi connectivity index (χ4n) is 1.89. The van der Waals surface area contributed by atoms with Gasteiger partial charge in [0, 0.05) is 28.8 Å². The lowest BCUT2D eigenvalue weighted by Crippen LogP contribution is -2.19. The van der Waals surface area contributed by atoms with E-state index in [9.17, 15) is 0 Å². The molecule has 1 aromatic heterocycles. The highest BCUT2D eigenvalue weighted by atomic mass is 79.9. The van der Waals surface area contributed by atoms with Crippen molar-refractivity contribution in [2.45, 2.75) is 12.5 Å². The van der Waals surface area contributed by atoms with Crippen LogP contribution in [0, 0.1) is 0 Å². The minimum atomic E-state index is 0.0832. The van der Waals surface area contributed by atoms with Gasteiger partial charge >= 0.3 is 0 Å². The lowest BCUT2D eigenvalue weighted by atomic mass is 10.0. The first-order valence-electron chi connectivity index (χ1n) is 5.83. The number of hydrogen-bond donors (Lipinski definition) is 1. The second kappa shape index (κ2) is 6.71. The van der Waals surface area contributed by atoms with Gasteiger partial charge in [-0.05, 0) is 46.7 Å². The third kappa shape index (κ3) is 3.69. The van der Waals surface area contributed by atoms with Gasteiger partial charge in [0.25, 0.3) is 0 Å². The topological polar surface area (TPSA) is 24.9 Å². The van der Waals surface area contributed by atoms with Crippen molar-refractivity contribution < 1.29 is 0 Å². The van der Waals surface area contributed by atoms with Crippen molar-refractivity contribution in [1.29, 1.82) is 0 Å². The van der Waals surface area contributed by atoms with Gasteiger partial charge in [0.15, 0.2) is 0 Å². The Bertz CT molecular complexity index is 558. The van der Waals surface area contributed by atoms with Crippen molar-refractivity contribution in [1.82, 2.24) is 10.3 Å². The fourth-order valence-corrected chi connectivity index (χ4v) is 2.57. The second-order valence-electron chi connectivity index (χ2n) is 4.16. The standard InChI is InChI=1S/C14H13BrCl2N2/c1-18-13(7-10-6-5-9(15)8-19-10)11-3-2-4-12(16)14(11)17/h2-6,8,13,18H,7H2,1H3. The third-order valence-electron chi connectivity index (χ3n) is 2.91. The number of rotatable bonds is 4. The molecule has 5 heteroatoms. The van der Waals surface area contributed by atoms with Crippen molar-refractivity contribution in [3.63, 3.8) is 0 Å². The molecule has 1 heterocycles. The molecule has 0 fully saturated rings. The van der Waals surface area contributed by atoms with Crippen molar-refractivity contribution in [3.05, 3.63) is 62.3 Å². The Morgan fingerprint density at radius 2 is 2.05 bits per heavy atom. The maximum atomic E-state index is 6.26. The zero-order valence-corrected chi connectivity index (χ0v) is 13.4. The van der Waals surface area contributed by atoms with E-state index < -0.39 is 0 Å². The molecular weight excluding hydrogens is 347 g/mol. The number of aromatic nitrogens is 1. The van der Waals surface area contributed by atoms with E-state index in [-0.39, 0.29) is 6.04 Å². The normalized spacial score (nSPS) is 12.4. The highest BCUT2D eigenvalue weighted by molar-refractivity contribution is 9.10. The molecule has 0 radical (unpaired) electrons. The number of benzene rings is 1. The quantitative estimate of drug-likeness (QED) is 0.859. The zero-order valence-electron chi connectivity index (χ0n) is 10.3. The Morgan fingerprint density at radius 1 is 1.26 bits per heavy atom. The van der Waals surface area contributed by atoms with Crippen LogP contribution in [0.15, 0.2) is 41.0 Å². The molecule has 0 aliphatic heterocycles. The molecule has 2 aromatic rings. The van der Waals surface area contributed by atoms with Crippen LogP contribution in [0.4, 0.5) is 0 Å². The van der Waals surface area contributed by atoms with Gasteiger partial charge in [0.05, 0.1) is 10.0 Å². The molecule has 0 saturated heterocycles. The maximum absolute atomic E-state index is 6.26. The van der Waals surface area contributed by atoms with E-state index in [0.29, 0.717) is 10.0 Å². The SMILES string of the molecule is CNC(Cc1ccc(Br)cn1)c1cccc(Cl)c1Cl. The average Bonchev–Trinajstić information content (AvgIpc) is 2.42. The first kappa shape index (κ1) is 14.8. The summed E-state index contributed by atoms with van der Waals surface area (Å²) in [4.78, 5) is 4.38. The molecule has 0 saturated carbocycles. The number of nitrogens with one attached hydrogen (secondary N) is 1. The zero-order chi connectivity index (χ0) is 13.8. The van der Waals surface area contributed by atoms with Gasteiger partial charge < -0.3 is 5.32 Å². The van der Waals surface area contributed by atoms with E-state index in [4.69, 9.17) is 23.2 Å². The van der Waals surface area contributed by atoms with Gasteiger partial charge in [-0.1, -0.05) is 35.3 Å². The summed E-state index contributed by atoms with van der Waals surface area (Å²) < 4.78 is 0.970. The first-order chi connectivity index (χ1) is 9.11. The molecule has 1 N–H and O–H groups in total. The second-order valence-corrected chi connectivity index (χ2v) is 5.86. The third-order valence-corrected chi connectivity index (χ3v) is 4.21. The monoisotopic (exact) mass is 358 g/mol. The van der Waals surface area contributed by atoms with Gasteiger partial charge in [-0.3, -0.25) is 4.98 Å². The Labute approximate surface area is 131 Å². The molecule has 100 valence electrons. The summed E-state index contributed by atoms with van der Waals surface area (Å²) in [5.74, 6) is 0. The molecule has 1 unspecified atom stereocenters. The van der Waals surface area contributed by atoms with Crippen LogP contribution in [0.25, 0.3) is 0 Å². The van der Waals surface area contributed by atoms with Gasteiger partial charge in [0.2, 0.25) is 0 Å². The fraction of sp³-hybridized carbons (Fsp3) is 0.214. The highest BCUT2D eigenvalue weighted by Crippen LogP contribution is 2.31. The first-order valence-corrected chi connectivity index (χ1v) is 7.38. The average molecular weight is 360 g/mol. The minimum absolute atomic E-state index is 0.0832. The van der Waals surface area contributed by atoms with Crippen LogP contribution in [-0.2, 0) is 6.42 Å². The van der Waals surface area contributed by atoms with Crippen molar-refractivity contribution in [2.24, 2.45) is 0 Å². The van der Waals surface area contributed by atoms with Gasteiger partial charge in [-0.2, -0.15) is 0 Å². The number of halogens is 3. The summed E-state index contributed by atoms with van der Waals surface area (Å²) in [5.41, 5.74) is 1.99. The van der Waals surface area contributed by atoms with Crippen LogP contribution in [0.3, 0.4) is 0 Å². The lowest BCUT2D eigenvalue weighted by molar-refractivity contribution is 0.584. The molecule has 19 heavy (non-hydrogen) atoms. The summed E-state index contributed by atoms with van der Waals surface area (Å²) in [6.07, 6.45) is 2.55. The number of pyridine rings is 1. The lowest BCUT2D eigenvalue weighted by Gasteiger charge is -2.18. The predicted molar refractivity (Wildman–Crippen MR) is 83.9 cm³/mol. The highest BCUT2D eigenvalue weighted by Gasteiger charge is 2.15. The Hall–Kier alpha value is -0.610. The van der Waals surface area contributed by atoms with E-state index in [1.807, 2.05) is 31.3 Å². The van der Waals surface area contributed by atoms with Crippen molar-refractivity contribution >= 4 is 39.1 Å². The van der Waals surface area contributed by atoms with Crippen LogP contribution in [-0.4, -0.2) is 12.0 Å². The van der Waals surface area contributed by atoms with Crippen LogP contribution in [0.2, 0.25) is 10.0 Å². The van der Waals surface area contributed by atoms with E-state index in [2.05, 4.69) is 26.2 Å². The van der Waals surface area contributed by atoms with Crippen LogP contribution >= 0.6 is 39.1 Å². The smallest absolute Gasteiger partial charge is 0.0640 e. The molecule has 0 aliphatic carbocycles. The van der Waals surface area contributed by atoms with E-state index in [1.54, 1.807) is 12.3 Å². The Kier molecular flexibility index (Phi) is 5.22. The van der Waals surface area contributed by atoms with Crippen molar-refractivity contribution in [3.8, 4) is 0 Å². The Morgan fingerprint density at radius 3 is 2.68 bits per heavy atom. The van der Waals surface area contributed by atoms with Gasteiger partial charge in [-0.15, -0.1) is 0 Å².